The molecule has 4 nitrogen and oxygen atoms in total. The van der Waals surface area contributed by atoms with Gasteiger partial charge in [-0.3, -0.25) is 0 Å². The molecule has 1 aromatic carbocycles. The van der Waals surface area contributed by atoms with E-state index in [2.05, 4.69) is 4.72 Å². The summed E-state index contributed by atoms with van der Waals surface area (Å²) < 4.78 is 27.6. The van der Waals surface area contributed by atoms with Gasteiger partial charge in [0.1, 0.15) is 0 Å². The van der Waals surface area contributed by atoms with E-state index in [9.17, 15) is 8.42 Å². The molecule has 0 aromatic heterocycles. The fraction of sp³-hybridized carbons (Fsp3) is 0.571. The average molecular weight is 314 g/mol. The molecule has 20 heavy (non-hydrogen) atoms. The fourth-order valence-electron chi connectivity index (χ4n) is 2.32. The molecule has 0 atom stereocenters. The first-order valence-corrected chi connectivity index (χ1v) is 9.53. The van der Waals surface area contributed by atoms with Gasteiger partial charge in [-0.25, -0.2) is 13.1 Å². The number of benzene rings is 1. The van der Waals surface area contributed by atoms with Crippen molar-refractivity contribution < 1.29 is 8.42 Å². The van der Waals surface area contributed by atoms with E-state index in [0.717, 1.165) is 35.5 Å². The van der Waals surface area contributed by atoms with Crippen LogP contribution in [0.5, 0.6) is 0 Å². The first-order chi connectivity index (χ1) is 9.53. The molecule has 1 aliphatic rings. The summed E-state index contributed by atoms with van der Waals surface area (Å²) in [6, 6.07) is 5.36. The standard InChI is InChI=1S/C14H22N2O2S2/c1-11-2-3-13(9-15)8-14(11)20(17,18)16-10-12-4-6-19-7-5-12/h2-3,8,12,16H,4-7,9-10,15H2,1H3. The Labute approximate surface area is 125 Å². The van der Waals surface area contributed by atoms with Crippen molar-refractivity contribution in [3.63, 3.8) is 0 Å². The van der Waals surface area contributed by atoms with Crippen LogP contribution in [0.4, 0.5) is 0 Å². The van der Waals surface area contributed by atoms with E-state index < -0.39 is 10.0 Å². The third-order valence-corrected chi connectivity index (χ3v) is 6.29. The van der Waals surface area contributed by atoms with Crippen LogP contribution in [-0.4, -0.2) is 26.5 Å². The van der Waals surface area contributed by atoms with Gasteiger partial charge in [-0.1, -0.05) is 12.1 Å². The van der Waals surface area contributed by atoms with Crippen molar-refractivity contribution in [2.24, 2.45) is 11.7 Å². The molecule has 1 aliphatic heterocycles. The Hall–Kier alpha value is -0.560. The maximum Gasteiger partial charge on any atom is 0.240 e. The van der Waals surface area contributed by atoms with Gasteiger partial charge in [0.05, 0.1) is 4.90 Å². The average Bonchev–Trinajstić information content (AvgIpc) is 2.47. The Kier molecular flexibility index (Phi) is 5.49. The second-order valence-electron chi connectivity index (χ2n) is 5.21. The molecule has 1 aromatic rings. The zero-order valence-corrected chi connectivity index (χ0v) is 13.4. The number of nitrogens with one attached hydrogen (secondary N) is 1. The molecule has 0 saturated carbocycles. The molecular formula is C14H22N2O2S2. The highest BCUT2D eigenvalue weighted by molar-refractivity contribution is 7.99. The van der Waals surface area contributed by atoms with Crippen molar-refractivity contribution in [1.29, 1.82) is 0 Å². The van der Waals surface area contributed by atoms with E-state index in [4.69, 9.17) is 5.73 Å². The molecular weight excluding hydrogens is 292 g/mol. The Morgan fingerprint density at radius 1 is 1.35 bits per heavy atom. The molecule has 1 heterocycles. The third kappa shape index (κ3) is 3.97. The van der Waals surface area contributed by atoms with Crippen LogP contribution in [0, 0.1) is 12.8 Å². The first kappa shape index (κ1) is 15.8. The molecule has 0 unspecified atom stereocenters. The topological polar surface area (TPSA) is 72.2 Å². The maximum absolute atomic E-state index is 12.4. The minimum atomic E-state index is -3.44. The minimum Gasteiger partial charge on any atom is -0.326 e. The summed E-state index contributed by atoms with van der Waals surface area (Å²) in [5.74, 6) is 2.73. The van der Waals surface area contributed by atoms with Crippen molar-refractivity contribution in [2.75, 3.05) is 18.1 Å². The Morgan fingerprint density at radius 2 is 2.05 bits per heavy atom. The van der Waals surface area contributed by atoms with Crippen LogP contribution in [0.25, 0.3) is 0 Å². The van der Waals surface area contributed by atoms with Crippen LogP contribution in [0.3, 0.4) is 0 Å². The number of aryl methyl sites for hydroxylation is 1. The summed E-state index contributed by atoms with van der Waals surface area (Å²) in [6.45, 7) is 2.70. The quantitative estimate of drug-likeness (QED) is 0.870. The summed E-state index contributed by atoms with van der Waals surface area (Å²) in [6.07, 6.45) is 2.18. The van der Waals surface area contributed by atoms with E-state index in [0.29, 0.717) is 23.9 Å². The van der Waals surface area contributed by atoms with Gasteiger partial charge in [0.15, 0.2) is 0 Å². The highest BCUT2D eigenvalue weighted by Gasteiger charge is 2.20. The van der Waals surface area contributed by atoms with Crippen LogP contribution < -0.4 is 10.5 Å². The highest BCUT2D eigenvalue weighted by atomic mass is 32.2. The van der Waals surface area contributed by atoms with Crippen molar-refractivity contribution in [1.82, 2.24) is 4.72 Å². The van der Waals surface area contributed by atoms with E-state index in [1.165, 1.54) is 0 Å². The smallest absolute Gasteiger partial charge is 0.240 e. The predicted molar refractivity (Wildman–Crippen MR) is 84.3 cm³/mol. The Balaban J connectivity index is 2.09. The van der Waals surface area contributed by atoms with Gasteiger partial charge >= 0.3 is 0 Å². The van der Waals surface area contributed by atoms with E-state index in [1.54, 1.807) is 6.07 Å². The van der Waals surface area contributed by atoms with E-state index in [-0.39, 0.29) is 0 Å². The number of thioether (sulfide) groups is 1. The molecule has 0 aliphatic carbocycles. The first-order valence-electron chi connectivity index (χ1n) is 6.90. The van der Waals surface area contributed by atoms with Crippen molar-refractivity contribution in [3.8, 4) is 0 Å². The van der Waals surface area contributed by atoms with Gasteiger partial charge in [0, 0.05) is 13.1 Å². The monoisotopic (exact) mass is 314 g/mol. The number of sulfonamides is 1. The van der Waals surface area contributed by atoms with Crippen LogP contribution in [0.1, 0.15) is 24.0 Å². The van der Waals surface area contributed by atoms with Crippen molar-refractivity contribution in [3.05, 3.63) is 29.3 Å². The van der Waals surface area contributed by atoms with Crippen molar-refractivity contribution >= 4 is 21.8 Å². The van der Waals surface area contributed by atoms with Crippen molar-refractivity contribution in [2.45, 2.75) is 31.2 Å². The largest absolute Gasteiger partial charge is 0.326 e. The predicted octanol–water partition coefficient (Wildman–Crippen LogP) is 1.88. The Bertz CT molecular complexity index is 552. The maximum atomic E-state index is 12.4. The Morgan fingerprint density at radius 3 is 2.70 bits per heavy atom. The molecule has 112 valence electrons. The van der Waals surface area contributed by atoms with Gasteiger partial charge in [-0.2, -0.15) is 11.8 Å². The van der Waals surface area contributed by atoms with Crippen LogP contribution >= 0.6 is 11.8 Å². The highest BCUT2D eigenvalue weighted by Crippen LogP contribution is 2.23. The molecule has 1 saturated heterocycles. The van der Waals surface area contributed by atoms with Gasteiger partial charge in [0.25, 0.3) is 0 Å². The van der Waals surface area contributed by atoms with Crippen LogP contribution in [0.15, 0.2) is 23.1 Å². The van der Waals surface area contributed by atoms with Crippen LogP contribution in [0.2, 0.25) is 0 Å². The minimum absolute atomic E-state index is 0.350. The molecule has 0 bridgehead atoms. The molecule has 0 spiro atoms. The molecule has 0 radical (unpaired) electrons. The summed E-state index contributed by atoms with van der Waals surface area (Å²) in [7, 11) is -3.44. The number of nitrogens with two attached hydrogens (primary N) is 1. The fourth-order valence-corrected chi connectivity index (χ4v) is 4.93. The van der Waals surface area contributed by atoms with Gasteiger partial charge in [-0.15, -0.1) is 0 Å². The molecule has 0 amide bonds. The number of hydrogen-bond acceptors (Lipinski definition) is 4. The normalized spacial score (nSPS) is 17.3. The second kappa shape index (κ2) is 6.93. The lowest BCUT2D eigenvalue weighted by Gasteiger charge is -2.21. The lowest BCUT2D eigenvalue weighted by Crippen LogP contribution is -2.31. The summed E-state index contributed by atoms with van der Waals surface area (Å²) >= 11 is 1.94. The molecule has 1 fully saturated rings. The zero-order chi connectivity index (χ0) is 14.6. The van der Waals surface area contributed by atoms with Crippen LogP contribution in [-0.2, 0) is 16.6 Å². The SMILES string of the molecule is Cc1ccc(CN)cc1S(=O)(=O)NCC1CCSCC1. The van der Waals surface area contributed by atoms with Gasteiger partial charge in [0.2, 0.25) is 10.0 Å². The number of rotatable bonds is 5. The molecule has 3 N–H and O–H groups in total. The third-order valence-electron chi connectivity index (χ3n) is 3.68. The lowest BCUT2D eigenvalue weighted by atomic mass is 10.0. The second-order valence-corrected chi connectivity index (χ2v) is 8.17. The number of hydrogen-bond donors (Lipinski definition) is 2. The van der Waals surface area contributed by atoms with Gasteiger partial charge < -0.3 is 5.73 Å². The zero-order valence-electron chi connectivity index (χ0n) is 11.8. The van der Waals surface area contributed by atoms with E-state index in [1.807, 2.05) is 30.8 Å². The van der Waals surface area contributed by atoms with E-state index >= 15 is 0 Å². The van der Waals surface area contributed by atoms with Gasteiger partial charge in [-0.05, 0) is 54.4 Å². The molecule has 2 rings (SSSR count). The summed E-state index contributed by atoms with van der Waals surface area (Å²) in [4.78, 5) is 0.352. The summed E-state index contributed by atoms with van der Waals surface area (Å²) in [5.41, 5.74) is 7.18. The lowest BCUT2D eigenvalue weighted by molar-refractivity contribution is 0.476. The summed E-state index contributed by atoms with van der Waals surface area (Å²) in [5, 5.41) is 0. The molecule has 6 heteroatoms.